The second-order valence-electron chi connectivity index (χ2n) is 4.95. The smallest absolute Gasteiger partial charge is 0.184 e. The standard InChI is InChI=1S/C11H20O2Si/c1-9(12)10-5-7-11(8-6-10)13-14(2,3)4/h5,7,10-11H,6,8H2,1-4H3. The molecule has 0 saturated carbocycles. The first-order chi connectivity index (χ1) is 6.38. The van der Waals surface area contributed by atoms with Crippen LogP contribution in [0.3, 0.4) is 0 Å². The van der Waals surface area contributed by atoms with Gasteiger partial charge >= 0.3 is 0 Å². The van der Waals surface area contributed by atoms with Gasteiger partial charge in [0.1, 0.15) is 5.78 Å². The van der Waals surface area contributed by atoms with Crippen LogP contribution in [-0.4, -0.2) is 20.2 Å². The molecule has 80 valence electrons. The second kappa shape index (κ2) is 4.40. The number of hydrogen-bond donors (Lipinski definition) is 0. The average Bonchev–Trinajstić information content (AvgIpc) is 2.02. The fraction of sp³-hybridized carbons (Fsp3) is 0.727. The molecule has 0 aromatic carbocycles. The molecule has 2 atom stereocenters. The zero-order valence-electron chi connectivity index (χ0n) is 9.54. The largest absolute Gasteiger partial charge is 0.411 e. The highest BCUT2D eigenvalue weighted by molar-refractivity contribution is 6.69. The molecule has 0 spiro atoms. The van der Waals surface area contributed by atoms with E-state index < -0.39 is 8.32 Å². The Morgan fingerprint density at radius 3 is 2.29 bits per heavy atom. The van der Waals surface area contributed by atoms with Crippen molar-refractivity contribution < 1.29 is 9.22 Å². The van der Waals surface area contributed by atoms with E-state index >= 15 is 0 Å². The van der Waals surface area contributed by atoms with Crippen LogP contribution in [-0.2, 0) is 9.22 Å². The summed E-state index contributed by atoms with van der Waals surface area (Å²) in [4.78, 5) is 11.1. The first kappa shape index (κ1) is 11.7. The van der Waals surface area contributed by atoms with Crippen molar-refractivity contribution >= 4 is 14.1 Å². The Morgan fingerprint density at radius 2 is 1.93 bits per heavy atom. The van der Waals surface area contributed by atoms with Crippen LogP contribution < -0.4 is 0 Å². The van der Waals surface area contributed by atoms with E-state index in [0.717, 1.165) is 12.8 Å². The summed E-state index contributed by atoms with van der Waals surface area (Å²) in [6.07, 6.45) is 6.26. The highest BCUT2D eigenvalue weighted by atomic mass is 28.4. The molecule has 0 heterocycles. The van der Waals surface area contributed by atoms with Crippen LogP contribution in [0.25, 0.3) is 0 Å². The second-order valence-corrected chi connectivity index (χ2v) is 9.41. The van der Waals surface area contributed by atoms with Crippen molar-refractivity contribution in [2.24, 2.45) is 5.92 Å². The van der Waals surface area contributed by atoms with Crippen molar-refractivity contribution in [1.29, 1.82) is 0 Å². The van der Waals surface area contributed by atoms with Crippen LogP contribution in [0, 0.1) is 5.92 Å². The first-order valence-electron chi connectivity index (χ1n) is 5.25. The van der Waals surface area contributed by atoms with E-state index in [9.17, 15) is 4.79 Å². The quantitative estimate of drug-likeness (QED) is 0.531. The van der Waals surface area contributed by atoms with Crippen molar-refractivity contribution in [1.82, 2.24) is 0 Å². The van der Waals surface area contributed by atoms with Gasteiger partial charge in [0.15, 0.2) is 8.32 Å². The molecule has 14 heavy (non-hydrogen) atoms. The third-order valence-corrected chi connectivity index (χ3v) is 3.36. The van der Waals surface area contributed by atoms with Gasteiger partial charge in [-0.05, 0) is 39.4 Å². The van der Waals surface area contributed by atoms with Crippen LogP contribution in [0.1, 0.15) is 19.8 Å². The molecule has 0 aromatic rings. The molecule has 1 aliphatic carbocycles. The van der Waals surface area contributed by atoms with Crippen LogP contribution in [0.5, 0.6) is 0 Å². The highest BCUT2D eigenvalue weighted by Crippen LogP contribution is 2.22. The van der Waals surface area contributed by atoms with Gasteiger partial charge in [-0.2, -0.15) is 0 Å². The topological polar surface area (TPSA) is 26.3 Å². The Morgan fingerprint density at radius 1 is 1.29 bits per heavy atom. The van der Waals surface area contributed by atoms with Crippen molar-refractivity contribution in [3.63, 3.8) is 0 Å². The molecule has 0 aliphatic heterocycles. The monoisotopic (exact) mass is 212 g/mol. The molecule has 0 aromatic heterocycles. The summed E-state index contributed by atoms with van der Waals surface area (Å²) in [5.74, 6) is 0.407. The summed E-state index contributed by atoms with van der Waals surface area (Å²) < 4.78 is 5.95. The normalized spacial score (nSPS) is 27.7. The zero-order valence-corrected chi connectivity index (χ0v) is 10.5. The molecule has 2 nitrogen and oxygen atoms in total. The summed E-state index contributed by atoms with van der Waals surface area (Å²) in [7, 11) is -1.43. The number of allylic oxidation sites excluding steroid dienone is 1. The lowest BCUT2D eigenvalue weighted by atomic mass is 9.92. The summed E-state index contributed by atoms with van der Waals surface area (Å²) in [5.41, 5.74) is 0. The van der Waals surface area contributed by atoms with Gasteiger partial charge in [0.25, 0.3) is 0 Å². The van der Waals surface area contributed by atoms with Gasteiger partial charge in [-0.25, -0.2) is 0 Å². The number of carbonyl (C=O) groups excluding carboxylic acids is 1. The van der Waals surface area contributed by atoms with Gasteiger partial charge in [0.05, 0.1) is 6.10 Å². The molecule has 0 fully saturated rings. The van der Waals surface area contributed by atoms with E-state index in [1.807, 2.05) is 6.08 Å². The molecule has 0 amide bonds. The van der Waals surface area contributed by atoms with Crippen LogP contribution in [0.4, 0.5) is 0 Å². The van der Waals surface area contributed by atoms with Gasteiger partial charge in [0, 0.05) is 5.92 Å². The summed E-state index contributed by atoms with van der Waals surface area (Å²) >= 11 is 0. The van der Waals surface area contributed by atoms with E-state index in [4.69, 9.17) is 4.43 Å². The minimum atomic E-state index is -1.43. The molecule has 1 aliphatic rings. The summed E-state index contributed by atoms with van der Waals surface area (Å²) in [6.45, 7) is 8.24. The minimum absolute atomic E-state index is 0.136. The van der Waals surface area contributed by atoms with E-state index in [1.165, 1.54) is 0 Å². The van der Waals surface area contributed by atoms with Crippen molar-refractivity contribution in [3.8, 4) is 0 Å². The maximum atomic E-state index is 11.1. The molecule has 1 rings (SSSR count). The van der Waals surface area contributed by atoms with Crippen LogP contribution in [0.2, 0.25) is 19.6 Å². The Bertz CT molecular complexity index is 240. The molecule has 0 saturated heterocycles. The van der Waals surface area contributed by atoms with Crippen molar-refractivity contribution in [2.75, 3.05) is 0 Å². The molecular formula is C11H20O2Si. The van der Waals surface area contributed by atoms with Gasteiger partial charge < -0.3 is 4.43 Å². The fourth-order valence-electron chi connectivity index (χ4n) is 1.69. The number of rotatable bonds is 3. The van der Waals surface area contributed by atoms with E-state index in [1.54, 1.807) is 6.92 Å². The molecular weight excluding hydrogens is 192 g/mol. The Labute approximate surface area is 87.5 Å². The number of Topliss-reactive ketones (excluding diaryl/α,β-unsaturated/α-hetero) is 1. The maximum Gasteiger partial charge on any atom is 0.184 e. The van der Waals surface area contributed by atoms with E-state index in [0.29, 0.717) is 0 Å². The molecule has 2 unspecified atom stereocenters. The number of hydrogen-bond acceptors (Lipinski definition) is 2. The minimum Gasteiger partial charge on any atom is -0.411 e. The zero-order chi connectivity index (χ0) is 10.8. The van der Waals surface area contributed by atoms with Gasteiger partial charge in [-0.15, -0.1) is 0 Å². The van der Waals surface area contributed by atoms with Gasteiger partial charge in [-0.1, -0.05) is 12.2 Å². The maximum absolute atomic E-state index is 11.1. The summed E-state index contributed by atoms with van der Waals surface area (Å²) in [5, 5.41) is 0. The molecule has 3 heteroatoms. The lowest BCUT2D eigenvalue weighted by molar-refractivity contribution is -0.119. The van der Waals surface area contributed by atoms with Gasteiger partial charge in [-0.3, -0.25) is 4.79 Å². The molecule has 0 radical (unpaired) electrons. The van der Waals surface area contributed by atoms with Gasteiger partial charge in [0.2, 0.25) is 0 Å². The lowest BCUT2D eigenvalue weighted by Gasteiger charge is -2.27. The number of carbonyl (C=O) groups is 1. The highest BCUT2D eigenvalue weighted by Gasteiger charge is 2.24. The molecule has 0 bridgehead atoms. The average molecular weight is 212 g/mol. The Balaban J connectivity index is 2.48. The Kier molecular flexibility index (Phi) is 3.67. The van der Waals surface area contributed by atoms with E-state index in [2.05, 4.69) is 25.7 Å². The lowest BCUT2D eigenvalue weighted by Crippen LogP contribution is -2.33. The third kappa shape index (κ3) is 3.76. The predicted octanol–water partition coefficient (Wildman–Crippen LogP) is 2.76. The molecule has 0 N–H and O–H groups in total. The predicted molar refractivity (Wildman–Crippen MR) is 60.8 cm³/mol. The third-order valence-electron chi connectivity index (χ3n) is 2.35. The fourth-order valence-corrected chi connectivity index (χ4v) is 2.79. The van der Waals surface area contributed by atoms with Crippen LogP contribution in [0.15, 0.2) is 12.2 Å². The first-order valence-corrected chi connectivity index (χ1v) is 8.66. The van der Waals surface area contributed by atoms with Crippen molar-refractivity contribution in [3.05, 3.63) is 12.2 Å². The van der Waals surface area contributed by atoms with Crippen LogP contribution >= 0.6 is 0 Å². The summed E-state index contributed by atoms with van der Waals surface area (Å²) in [6, 6.07) is 0. The van der Waals surface area contributed by atoms with Crippen molar-refractivity contribution in [2.45, 2.75) is 45.5 Å². The SMILES string of the molecule is CC(=O)C1C=CC(O[Si](C)(C)C)CC1. The van der Waals surface area contributed by atoms with E-state index in [-0.39, 0.29) is 17.8 Å². The number of ketones is 1. The Hall–Kier alpha value is -0.413.